The minimum absolute atomic E-state index is 0.00877. The molecule has 7 N–H and O–H groups in total. The summed E-state index contributed by atoms with van der Waals surface area (Å²) in [7, 11) is -3.93. The first kappa shape index (κ1) is 30.5. The number of nitrogens with one attached hydrogen (secondary N) is 3. The number of rotatable bonds is 7. The average molecular weight is 593 g/mol. The molecule has 1 aliphatic rings. The Morgan fingerprint density at radius 1 is 0.952 bits per heavy atom. The molecule has 0 atom stereocenters. The van der Waals surface area contributed by atoms with Gasteiger partial charge in [-0.2, -0.15) is 0 Å². The van der Waals surface area contributed by atoms with Crippen molar-refractivity contribution in [2.24, 2.45) is 10.9 Å². The molecule has 12 heteroatoms. The van der Waals surface area contributed by atoms with Gasteiger partial charge in [-0.3, -0.25) is 10.2 Å². The second-order valence-electron chi connectivity index (χ2n) is 11.2. The molecule has 3 aromatic rings. The summed E-state index contributed by atoms with van der Waals surface area (Å²) in [5, 5.41) is 19.5. The number of nitrogen functional groups attached to an aromatic ring is 1. The zero-order valence-electron chi connectivity index (χ0n) is 23.8. The van der Waals surface area contributed by atoms with Gasteiger partial charge in [-0.15, -0.1) is 0 Å². The lowest BCUT2D eigenvalue weighted by molar-refractivity contribution is -0.121. The minimum Gasteiger partial charge on any atom is -0.444 e. The average Bonchev–Trinajstić information content (AvgIpc) is 2.92. The Labute approximate surface area is 245 Å². The number of hydrogen-bond acceptors (Lipinski definition) is 7. The Morgan fingerprint density at radius 3 is 2.19 bits per heavy atom. The van der Waals surface area contributed by atoms with Crippen molar-refractivity contribution < 1.29 is 22.7 Å². The van der Waals surface area contributed by atoms with Gasteiger partial charge in [0.25, 0.3) is 0 Å². The van der Waals surface area contributed by atoms with Crippen LogP contribution < -0.4 is 21.5 Å². The van der Waals surface area contributed by atoms with Gasteiger partial charge in [0.1, 0.15) is 17.0 Å². The minimum atomic E-state index is -3.93. The van der Waals surface area contributed by atoms with Gasteiger partial charge < -0.3 is 26.0 Å². The van der Waals surface area contributed by atoms with E-state index in [0.29, 0.717) is 40.9 Å². The SMILES string of the molecule is CC(C)(C)OC(=O)N1CCC(Nc2cccc(C(=N)N)c2)(C(=O)Nc2ccc(-c3ccccc3S(N)(=O)=O)cc2)CC1. The van der Waals surface area contributed by atoms with Crippen LogP contribution in [0.15, 0.2) is 77.7 Å². The molecule has 1 fully saturated rings. The van der Waals surface area contributed by atoms with Crippen LogP contribution in [0.1, 0.15) is 39.2 Å². The second-order valence-corrected chi connectivity index (χ2v) is 12.8. The van der Waals surface area contributed by atoms with E-state index in [9.17, 15) is 18.0 Å². The van der Waals surface area contributed by atoms with Gasteiger partial charge in [-0.1, -0.05) is 42.5 Å². The molecular formula is C30H36N6O5S. The lowest BCUT2D eigenvalue weighted by Gasteiger charge is -2.42. The molecule has 1 heterocycles. The zero-order valence-corrected chi connectivity index (χ0v) is 24.6. The van der Waals surface area contributed by atoms with E-state index in [-0.39, 0.29) is 29.7 Å². The predicted molar refractivity (Wildman–Crippen MR) is 163 cm³/mol. The summed E-state index contributed by atoms with van der Waals surface area (Å²) in [5.74, 6) is -0.404. The number of primary sulfonamides is 1. The van der Waals surface area contributed by atoms with Crippen molar-refractivity contribution in [2.75, 3.05) is 23.7 Å². The van der Waals surface area contributed by atoms with Gasteiger partial charge in [-0.25, -0.2) is 18.4 Å². The lowest BCUT2D eigenvalue weighted by atomic mass is 9.85. The molecule has 222 valence electrons. The zero-order chi connectivity index (χ0) is 30.7. The van der Waals surface area contributed by atoms with Crippen molar-refractivity contribution in [3.63, 3.8) is 0 Å². The molecule has 4 rings (SSSR count). The molecule has 11 nitrogen and oxygen atoms in total. The molecule has 0 aliphatic carbocycles. The smallest absolute Gasteiger partial charge is 0.410 e. The van der Waals surface area contributed by atoms with E-state index in [2.05, 4.69) is 10.6 Å². The highest BCUT2D eigenvalue weighted by atomic mass is 32.2. The van der Waals surface area contributed by atoms with Crippen molar-refractivity contribution in [1.82, 2.24) is 4.90 Å². The summed E-state index contributed by atoms with van der Waals surface area (Å²) in [6.45, 7) is 5.97. The molecule has 0 unspecified atom stereocenters. The first-order valence-corrected chi connectivity index (χ1v) is 15.0. The highest BCUT2D eigenvalue weighted by molar-refractivity contribution is 7.89. The van der Waals surface area contributed by atoms with Gasteiger partial charge in [0.2, 0.25) is 15.9 Å². The van der Waals surface area contributed by atoms with Crippen LogP contribution in [-0.4, -0.2) is 55.4 Å². The number of amides is 2. The van der Waals surface area contributed by atoms with E-state index in [1.54, 1.807) is 92.4 Å². The Kier molecular flexibility index (Phi) is 8.60. The van der Waals surface area contributed by atoms with E-state index in [4.69, 9.17) is 21.0 Å². The van der Waals surface area contributed by atoms with Crippen LogP contribution in [0, 0.1) is 5.41 Å². The number of nitrogens with zero attached hydrogens (tertiary/aromatic N) is 1. The van der Waals surface area contributed by atoms with Crippen LogP contribution in [0.25, 0.3) is 11.1 Å². The summed E-state index contributed by atoms with van der Waals surface area (Å²) in [5.41, 5.74) is 6.65. The van der Waals surface area contributed by atoms with Gasteiger partial charge in [-0.05, 0) is 69.5 Å². The number of nitrogens with two attached hydrogens (primary N) is 2. The maximum absolute atomic E-state index is 13.9. The highest BCUT2D eigenvalue weighted by Crippen LogP contribution is 2.32. The molecule has 0 radical (unpaired) electrons. The Morgan fingerprint density at radius 2 is 1.60 bits per heavy atom. The monoisotopic (exact) mass is 592 g/mol. The van der Waals surface area contributed by atoms with Crippen molar-refractivity contribution >= 4 is 39.2 Å². The van der Waals surface area contributed by atoms with Crippen molar-refractivity contribution in [3.8, 4) is 11.1 Å². The second kappa shape index (κ2) is 11.8. The summed E-state index contributed by atoms with van der Waals surface area (Å²) in [6.07, 6.45) is 0.148. The standard InChI is InChI=1S/C30H36N6O5S/c1-29(2,3)41-28(38)36-17-15-30(16-18-36,35-23-8-6-7-21(19-23)26(31)32)27(37)34-22-13-11-20(12-14-22)24-9-4-5-10-25(24)42(33,39)40/h4-14,19,35H,15-18H2,1-3H3,(H3,31,32)(H,34,37)(H2,33,39,40). The van der Waals surface area contributed by atoms with Crippen LogP contribution in [-0.2, 0) is 19.6 Å². The van der Waals surface area contributed by atoms with Crippen molar-refractivity contribution in [2.45, 2.75) is 49.6 Å². The fraction of sp³-hybridized carbons (Fsp3) is 0.300. The molecular weight excluding hydrogens is 556 g/mol. The topological polar surface area (TPSA) is 181 Å². The fourth-order valence-corrected chi connectivity index (χ4v) is 5.54. The molecule has 1 aliphatic heterocycles. The van der Waals surface area contributed by atoms with E-state index in [1.807, 2.05) is 0 Å². The van der Waals surface area contributed by atoms with Gasteiger partial charge >= 0.3 is 6.09 Å². The maximum Gasteiger partial charge on any atom is 0.410 e. The first-order valence-electron chi connectivity index (χ1n) is 13.4. The lowest BCUT2D eigenvalue weighted by Crippen LogP contribution is -2.57. The van der Waals surface area contributed by atoms with Gasteiger partial charge in [0.15, 0.2) is 0 Å². The third-order valence-corrected chi connectivity index (χ3v) is 7.88. The number of piperidine rings is 1. The number of benzene rings is 3. The number of carbonyl (C=O) groups excluding carboxylic acids is 2. The molecule has 42 heavy (non-hydrogen) atoms. The van der Waals surface area contributed by atoms with Crippen molar-refractivity contribution in [1.29, 1.82) is 5.41 Å². The number of ether oxygens (including phenoxy) is 1. The third kappa shape index (κ3) is 7.25. The molecule has 0 spiro atoms. The van der Waals surface area contributed by atoms with Crippen LogP contribution in [0.5, 0.6) is 0 Å². The number of sulfonamides is 1. The van der Waals surface area contributed by atoms with E-state index in [0.717, 1.165) is 0 Å². The highest BCUT2D eigenvalue weighted by Gasteiger charge is 2.43. The number of amidine groups is 1. The molecule has 2 amide bonds. The third-order valence-electron chi connectivity index (χ3n) is 6.91. The van der Waals surface area contributed by atoms with Crippen LogP contribution in [0.4, 0.5) is 16.2 Å². The van der Waals surface area contributed by atoms with Gasteiger partial charge in [0.05, 0.1) is 4.90 Å². The summed E-state index contributed by atoms with van der Waals surface area (Å²) in [6, 6.07) is 20.2. The normalized spacial score (nSPS) is 15.0. The molecule has 0 bridgehead atoms. The number of anilines is 2. The Hall–Kier alpha value is -4.42. The molecule has 0 aromatic heterocycles. The van der Waals surface area contributed by atoms with E-state index in [1.165, 1.54) is 6.07 Å². The number of carbonyl (C=O) groups is 2. The van der Waals surface area contributed by atoms with Crippen molar-refractivity contribution in [3.05, 3.63) is 78.4 Å². The fourth-order valence-electron chi connectivity index (χ4n) is 4.78. The molecule has 0 saturated carbocycles. The largest absolute Gasteiger partial charge is 0.444 e. The summed E-state index contributed by atoms with van der Waals surface area (Å²) in [4.78, 5) is 28.2. The quantitative estimate of drug-likeness (QED) is 0.202. The number of hydrogen-bond donors (Lipinski definition) is 5. The van der Waals surface area contributed by atoms with Crippen LogP contribution in [0.3, 0.4) is 0 Å². The first-order chi connectivity index (χ1) is 19.7. The van der Waals surface area contributed by atoms with E-state index < -0.39 is 27.3 Å². The predicted octanol–water partition coefficient (Wildman–Crippen LogP) is 4.11. The maximum atomic E-state index is 13.9. The van der Waals surface area contributed by atoms with Gasteiger partial charge in [0, 0.05) is 35.6 Å². The van der Waals surface area contributed by atoms with Crippen LogP contribution >= 0.6 is 0 Å². The Balaban J connectivity index is 1.58. The van der Waals surface area contributed by atoms with Crippen LogP contribution in [0.2, 0.25) is 0 Å². The summed E-state index contributed by atoms with van der Waals surface area (Å²) >= 11 is 0. The van der Waals surface area contributed by atoms with E-state index >= 15 is 0 Å². The number of likely N-dealkylation sites (tertiary alicyclic amines) is 1. The summed E-state index contributed by atoms with van der Waals surface area (Å²) < 4.78 is 29.6. The molecule has 1 saturated heterocycles. The molecule has 3 aromatic carbocycles. The Bertz CT molecular complexity index is 1590.